The summed E-state index contributed by atoms with van der Waals surface area (Å²) < 4.78 is 32.2. The molecule has 0 aliphatic carbocycles. The highest BCUT2D eigenvalue weighted by Crippen LogP contribution is 2.23. The van der Waals surface area contributed by atoms with E-state index in [0.717, 1.165) is 16.3 Å². The number of nitrogens with one attached hydrogen (secondary N) is 1. The molecule has 2 heterocycles. The lowest BCUT2D eigenvalue weighted by Gasteiger charge is -2.35. The number of rotatable bonds is 9. The van der Waals surface area contributed by atoms with E-state index in [1.807, 2.05) is 24.3 Å². The first-order valence-electron chi connectivity index (χ1n) is 11.9. The number of methoxy groups -OCH3 is 1. The van der Waals surface area contributed by atoms with Gasteiger partial charge in [0.2, 0.25) is 21.8 Å². The molecule has 3 amide bonds. The number of hydrogen-bond donors (Lipinski definition) is 1. The van der Waals surface area contributed by atoms with Crippen LogP contribution in [0.2, 0.25) is 0 Å². The predicted octanol–water partition coefficient (Wildman–Crippen LogP) is 1.62. The van der Waals surface area contributed by atoms with Crippen molar-refractivity contribution < 1.29 is 27.5 Å². The number of sulfonamides is 1. The van der Waals surface area contributed by atoms with Crippen molar-refractivity contribution in [3.63, 3.8) is 0 Å². The van der Waals surface area contributed by atoms with Gasteiger partial charge >= 0.3 is 0 Å². The minimum absolute atomic E-state index is 0.0477. The Bertz CT molecular complexity index is 1190. The van der Waals surface area contributed by atoms with Crippen LogP contribution in [0.5, 0.6) is 5.75 Å². The summed E-state index contributed by atoms with van der Waals surface area (Å²) in [5.41, 5.74) is 1.84. The Morgan fingerprint density at radius 3 is 2.06 bits per heavy atom. The van der Waals surface area contributed by atoms with E-state index in [-0.39, 0.29) is 42.9 Å². The van der Waals surface area contributed by atoms with E-state index in [4.69, 9.17) is 4.74 Å². The molecule has 2 aliphatic heterocycles. The highest BCUT2D eigenvalue weighted by molar-refractivity contribution is 7.89. The van der Waals surface area contributed by atoms with Crippen molar-refractivity contribution >= 4 is 39.1 Å². The van der Waals surface area contributed by atoms with Gasteiger partial charge in [-0.15, -0.1) is 0 Å². The highest BCUT2D eigenvalue weighted by atomic mass is 32.2. The van der Waals surface area contributed by atoms with E-state index in [9.17, 15) is 22.8 Å². The topological polar surface area (TPSA) is 116 Å². The molecular weight excluding hydrogens is 484 g/mol. The average Bonchev–Trinajstić information content (AvgIpc) is 3.24. The molecule has 0 bridgehead atoms. The van der Waals surface area contributed by atoms with Gasteiger partial charge in [0.25, 0.3) is 5.91 Å². The monoisotopic (exact) mass is 514 g/mol. The molecule has 0 saturated carbocycles. The first kappa shape index (κ1) is 25.6. The summed E-state index contributed by atoms with van der Waals surface area (Å²) >= 11 is 0. The van der Waals surface area contributed by atoms with Crippen molar-refractivity contribution in [2.75, 3.05) is 55.4 Å². The summed E-state index contributed by atoms with van der Waals surface area (Å²) in [5, 5.41) is 2.73. The van der Waals surface area contributed by atoms with E-state index in [2.05, 4.69) is 10.2 Å². The van der Waals surface area contributed by atoms with Crippen molar-refractivity contribution in [1.29, 1.82) is 0 Å². The second-order valence-electron chi connectivity index (χ2n) is 8.68. The lowest BCUT2D eigenvalue weighted by molar-refractivity contribution is -0.121. The maximum atomic E-state index is 12.8. The molecule has 0 radical (unpaired) electrons. The van der Waals surface area contributed by atoms with E-state index in [1.165, 1.54) is 4.31 Å². The molecule has 0 unspecified atom stereocenters. The Morgan fingerprint density at radius 1 is 0.889 bits per heavy atom. The zero-order valence-corrected chi connectivity index (χ0v) is 21.0. The molecule has 2 saturated heterocycles. The minimum Gasteiger partial charge on any atom is -0.497 e. The molecule has 4 rings (SSSR count). The second kappa shape index (κ2) is 11.1. The Kier molecular flexibility index (Phi) is 7.90. The second-order valence-corrected chi connectivity index (χ2v) is 10.8. The molecule has 11 heteroatoms. The normalized spacial score (nSPS) is 16.9. The van der Waals surface area contributed by atoms with Crippen LogP contribution in [0.15, 0.2) is 48.5 Å². The number of carbonyl (C=O) groups is 3. The lowest BCUT2D eigenvalue weighted by Crippen LogP contribution is -2.49. The van der Waals surface area contributed by atoms with Crippen molar-refractivity contribution in [3.05, 3.63) is 54.1 Å². The zero-order chi connectivity index (χ0) is 25.7. The number of hydrogen-bond acceptors (Lipinski definition) is 7. The van der Waals surface area contributed by atoms with Gasteiger partial charge in [-0.25, -0.2) is 8.42 Å². The van der Waals surface area contributed by atoms with Crippen LogP contribution < -0.4 is 19.9 Å². The molecule has 2 aromatic rings. The van der Waals surface area contributed by atoms with Crippen LogP contribution in [0.1, 0.15) is 29.6 Å². The number of carbonyl (C=O) groups excluding carboxylic acids is 3. The number of amides is 3. The fourth-order valence-corrected chi connectivity index (χ4v) is 5.82. The Hall–Kier alpha value is -3.44. The highest BCUT2D eigenvalue weighted by Gasteiger charge is 2.30. The van der Waals surface area contributed by atoms with Gasteiger partial charge in [-0.3, -0.25) is 19.3 Å². The Balaban J connectivity index is 1.20. The molecule has 0 aromatic heterocycles. The number of imide groups is 1. The first-order valence-corrected chi connectivity index (χ1v) is 13.5. The molecule has 2 aromatic carbocycles. The maximum absolute atomic E-state index is 12.8. The molecule has 1 N–H and O–H groups in total. The van der Waals surface area contributed by atoms with E-state index < -0.39 is 10.0 Å². The Labute approximate surface area is 210 Å². The standard InChI is InChI=1S/C25H30N4O6S/c1-35-22-9-7-20(8-10-22)27-14-16-28(17-15-27)36(33,34)18-2-13-26-25(32)19-3-5-21(6-4-19)29-23(30)11-12-24(29)31/h3-10H,2,11-18H2,1H3,(H,26,32). The van der Waals surface area contributed by atoms with Gasteiger partial charge in [0.05, 0.1) is 18.6 Å². The maximum Gasteiger partial charge on any atom is 0.251 e. The summed E-state index contributed by atoms with van der Waals surface area (Å²) in [7, 11) is -1.81. The molecular formula is C25H30N4O6S. The molecule has 192 valence electrons. The van der Waals surface area contributed by atoms with Gasteiger partial charge in [-0.1, -0.05) is 0 Å². The number of benzene rings is 2. The first-order chi connectivity index (χ1) is 17.3. The molecule has 2 fully saturated rings. The van der Waals surface area contributed by atoms with Crippen LogP contribution in [-0.2, 0) is 19.6 Å². The number of ether oxygens (including phenoxy) is 1. The van der Waals surface area contributed by atoms with Gasteiger partial charge in [0.1, 0.15) is 5.75 Å². The SMILES string of the molecule is COc1ccc(N2CCN(S(=O)(=O)CCCNC(=O)c3ccc(N4C(=O)CCC4=O)cc3)CC2)cc1. The zero-order valence-electron chi connectivity index (χ0n) is 20.2. The summed E-state index contributed by atoms with van der Waals surface area (Å²) in [6.07, 6.45) is 0.687. The third kappa shape index (κ3) is 5.85. The number of piperazine rings is 1. The van der Waals surface area contributed by atoms with E-state index in [0.29, 0.717) is 43.9 Å². The van der Waals surface area contributed by atoms with Gasteiger partial charge in [0.15, 0.2) is 0 Å². The average molecular weight is 515 g/mol. The van der Waals surface area contributed by atoms with E-state index >= 15 is 0 Å². The quantitative estimate of drug-likeness (QED) is 0.399. The van der Waals surface area contributed by atoms with Crippen LogP contribution >= 0.6 is 0 Å². The summed E-state index contributed by atoms with van der Waals surface area (Å²) in [5.74, 6) is -0.111. The van der Waals surface area contributed by atoms with Crippen LogP contribution in [-0.4, -0.2) is 76.0 Å². The summed E-state index contributed by atoms with van der Waals surface area (Å²) in [6.45, 7) is 2.25. The van der Waals surface area contributed by atoms with Crippen molar-refractivity contribution in [1.82, 2.24) is 9.62 Å². The third-order valence-electron chi connectivity index (χ3n) is 6.37. The molecule has 10 nitrogen and oxygen atoms in total. The predicted molar refractivity (Wildman–Crippen MR) is 136 cm³/mol. The third-order valence-corrected chi connectivity index (χ3v) is 8.33. The smallest absolute Gasteiger partial charge is 0.251 e. The van der Waals surface area contributed by atoms with Gasteiger partial charge < -0.3 is 15.0 Å². The molecule has 0 atom stereocenters. The fourth-order valence-electron chi connectivity index (χ4n) is 4.33. The summed E-state index contributed by atoms with van der Waals surface area (Å²) in [4.78, 5) is 39.4. The van der Waals surface area contributed by atoms with Crippen molar-refractivity contribution in [2.24, 2.45) is 0 Å². The van der Waals surface area contributed by atoms with E-state index in [1.54, 1.807) is 31.4 Å². The molecule has 0 spiro atoms. The fraction of sp³-hybridized carbons (Fsp3) is 0.400. The van der Waals surface area contributed by atoms with Crippen LogP contribution in [0, 0.1) is 0 Å². The minimum atomic E-state index is -3.42. The molecule has 36 heavy (non-hydrogen) atoms. The van der Waals surface area contributed by atoms with Crippen molar-refractivity contribution in [3.8, 4) is 5.75 Å². The molecule has 2 aliphatic rings. The van der Waals surface area contributed by atoms with Gasteiger partial charge in [-0.2, -0.15) is 4.31 Å². The van der Waals surface area contributed by atoms with Gasteiger partial charge in [0, 0.05) is 56.8 Å². The van der Waals surface area contributed by atoms with Crippen LogP contribution in [0.3, 0.4) is 0 Å². The number of anilines is 2. The Morgan fingerprint density at radius 2 is 1.47 bits per heavy atom. The lowest BCUT2D eigenvalue weighted by atomic mass is 10.2. The van der Waals surface area contributed by atoms with Crippen LogP contribution in [0.25, 0.3) is 0 Å². The summed E-state index contributed by atoms with van der Waals surface area (Å²) in [6, 6.07) is 13.9. The van der Waals surface area contributed by atoms with Gasteiger partial charge in [-0.05, 0) is 55.0 Å². The van der Waals surface area contributed by atoms with Crippen molar-refractivity contribution in [2.45, 2.75) is 19.3 Å². The van der Waals surface area contributed by atoms with Crippen LogP contribution in [0.4, 0.5) is 11.4 Å². The largest absolute Gasteiger partial charge is 0.497 e. The number of nitrogens with zero attached hydrogens (tertiary/aromatic N) is 3.